The van der Waals surface area contributed by atoms with Gasteiger partial charge in [0.25, 0.3) is 0 Å². The first-order chi connectivity index (χ1) is 4.42. The van der Waals surface area contributed by atoms with Crippen molar-refractivity contribution in [1.82, 2.24) is 0 Å². The summed E-state index contributed by atoms with van der Waals surface area (Å²) in [4.78, 5) is 9.84. The molecule has 0 amide bonds. The van der Waals surface area contributed by atoms with E-state index >= 15 is 0 Å². The first-order valence-electron chi connectivity index (χ1n) is 3.37. The van der Waals surface area contributed by atoms with Gasteiger partial charge in [-0.05, 0) is 27.7 Å². The maximum Gasteiger partial charge on any atom is 0.103 e. The molecule has 0 aromatic heterocycles. The Balaban J connectivity index is 3.29. The molecule has 0 rings (SSSR count). The second-order valence-electron chi connectivity index (χ2n) is 3.42. The summed E-state index contributed by atoms with van der Waals surface area (Å²) in [6.07, 6.45) is 0. The molecule has 0 radical (unpaired) electrons. The van der Waals surface area contributed by atoms with E-state index in [0.717, 1.165) is 5.57 Å². The Bertz CT molecular complexity index is 111. The Kier molecular flexibility index (Phi) is 3.61. The van der Waals surface area contributed by atoms with Crippen molar-refractivity contribution in [2.45, 2.75) is 33.3 Å². The normalized spacial score (nSPS) is 11.6. The van der Waals surface area contributed by atoms with Crippen LogP contribution < -0.4 is 0 Å². The predicted octanol–water partition coefficient (Wildman–Crippen LogP) is 2.31. The van der Waals surface area contributed by atoms with Gasteiger partial charge < -0.3 is 0 Å². The molecule has 10 heavy (non-hydrogen) atoms. The minimum absolute atomic E-state index is 0.227. The fraction of sp³-hybridized carbons (Fsp3) is 0.750. The molecule has 0 aliphatic heterocycles. The Morgan fingerprint density at radius 3 is 2.20 bits per heavy atom. The zero-order valence-electron chi connectivity index (χ0n) is 7.23. The van der Waals surface area contributed by atoms with E-state index in [1.54, 1.807) is 0 Å². The molecule has 0 spiro atoms. The third kappa shape index (κ3) is 7.66. The minimum Gasteiger partial charge on any atom is -0.232 e. The zero-order chi connectivity index (χ0) is 8.20. The van der Waals surface area contributed by atoms with Crippen LogP contribution in [0.25, 0.3) is 0 Å². The van der Waals surface area contributed by atoms with Crippen LogP contribution in [0.15, 0.2) is 12.2 Å². The van der Waals surface area contributed by atoms with E-state index in [0.29, 0.717) is 6.61 Å². The van der Waals surface area contributed by atoms with Crippen molar-refractivity contribution < 1.29 is 9.78 Å². The highest BCUT2D eigenvalue weighted by Crippen LogP contribution is 2.07. The monoisotopic (exact) mass is 144 g/mol. The molecule has 0 saturated carbocycles. The van der Waals surface area contributed by atoms with Gasteiger partial charge in [-0.3, -0.25) is 0 Å². The minimum atomic E-state index is -0.227. The van der Waals surface area contributed by atoms with Gasteiger partial charge in [0.15, 0.2) is 0 Å². The van der Waals surface area contributed by atoms with Gasteiger partial charge >= 0.3 is 0 Å². The summed E-state index contributed by atoms with van der Waals surface area (Å²) < 4.78 is 0. The molecule has 0 atom stereocenters. The van der Waals surface area contributed by atoms with Crippen LogP contribution in [0.3, 0.4) is 0 Å². The van der Waals surface area contributed by atoms with E-state index in [4.69, 9.17) is 9.78 Å². The fourth-order valence-electron chi connectivity index (χ4n) is 0.307. The zero-order valence-corrected chi connectivity index (χ0v) is 7.23. The molecular formula is C8H16O2. The lowest BCUT2D eigenvalue weighted by Crippen LogP contribution is -2.19. The van der Waals surface area contributed by atoms with E-state index in [-0.39, 0.29) is 5.60 Å². The summed E-state index contributed by atoms with van der Waals surface area (Å²) >= 11 is 0. The van der Waals surface area contributed by atoms with Gasteiger partial charge in [0.2, 0.25) is 0 Å². The van der Waals surface area contributed by atoms with Crippen molar-refractivity contribution in [3.05, 3.63) is 12.2 Å². The largest absolute Gasteiger partial charge is 0.232 e. The highest BCUT2D eigenvalue weighted by atomic mass is 17.2. The van der Waals surface area contributed by atoms with Crippen LogP contribution in [0.1, 0.15) is 27.7 Å². The van der Waals surface area contributed by atoms with Crippen LogP contribution in [0.4, 0.5) is 0 Å². The van der Waals surface area contributed by atoms with Crippen molar-refractivity contribution in [3.63, 3.8) is 0 Å². The molecule has 0 aliphatic rings. The second-order valence-corrected chi connectivity index (χ2v) is 3.42. The van der Waals surface area contributed by atoms with Gasteiger partial charge in [-0.2, -0.15) is 0 Å². The summed E-state index contributed by atoms with van der Waals surface area (Å²) in [5.74, 6) is 0. The van der Waals surface area contributed by atoms with Gasteiger partial charge in [-0.1, -0.05) is 12.2 Å². The van der Waals surface area contributed by atoms with Crippen LogP contribution in [-0.4, -0.2) is 12.2 Å². The van der Waals surface area contributed by atoms with E-state index in [9.17, 15) is 0 Å². The molecular weight excluding hydrogens is 128 g/mol. The fourth-order valence-corrected chi connectivity index (χ4v) is 0.307. The molecule has 0 aromatic rings. The molecule has 0 heterocycles. The molecule has 0 aliphatic carbocycles. The summed E-state index contributed by atoms with van der Waals surface area (Å²) in [6, 6.07) is 0. The Hall–Kier alpha value is -0.340. The molecule has 0 aromatic carbocycles. The average molecular weight is 144 g/mol. The maximum atomic E-state index is 4.98. The summed E-state index contributed by atoms with van der Waals surface area (Å²) in [7, 11) is 0. The SMILES string of the molecule is C=C(C)COOC(C)(C)C. The Morgan fingerprint density at radius 1 is 1.40 bits per heavy atom. The standard InChI is InChI=1S/C8H16O2/c1-7(2)6-9-10-8(3,4)5/h1,6H2,2-5H3. The van der Waals surface area contributed by atoms with Crippen molar-refractivity contribution in [3.8, 4) is 0 Å². The Morgan fingerprint density at radius 2 is 1.90 bits per heavy atom. The second kappa shape index (κ2) is 3.74. The van der Waals surface area contributed by atoms with Crippen molar-refractivity contribution in [2.24, 2.45) is 0 Å². The molecule has 0 saturated heterocycles. The van der Waals surface area contributed by atoms with E-state index in [1.165, 1.54) is 0 Å². The molecule has 60 valence electrons. The van der Waals surface area contributed by atoms with Gasteiger partial charge in [-0.25, -0.2) is 9.78 Å². The topological polar surface area (TPSA) is 18.5 Å². The van der Waals surface area contributed by atoms with Gasteiger partial charge in [0.05, 0.1) is 5.60 Å². The van der Waals surface area contributed by atoms with E-state index in [1.807, 2.05) is 27.7 Å². The quantitative estimate of drug-likeness (QED) is 0.344. The van der Waals surface area contributed by atoms with Crippen molar-refractivity contribution in [2.75, 3.05) is 6.61 Å². The van der Waals surface area contributed by atoms with Crippen LogP contribution in [0.5, 0.6) is 0 Å². The van der Waals surface area contributed by atoms with Crippen LogP contribution in [0, 0.1) is 0 Å². The van der Waals surface area contributed by atoms with Gasteiger partial charge in [-0.15, -0.1) is 0 Å². The van der Waals surface area contributed by atoms with E-state index < -0.39 is 0 Å². The first-order valence-corrected chi connectivity index (χ1v) is 3.37. The van der Waals surface area contributed by atoms with Gasteiger partial charge in [0.1, 0.15) is 6.61 Å². The summed E-state index contributed by atoms with van der Waals surface area (Å²) in [5, 5.41) is 0. The lowest BCUT2D eigenvalue weighted by Gasteiger charge is -2.17. The lowest BCUT2D eigenvalue weighted by atomic mass is 10.2. The smallest absolute Gasteiger partial charge is 0.103 e. The van der Waals surface area contributed by atoms with Crippen LogP contribution in [-0.2, 0) is 9.78 Å². The third-order valence-corrected chi connectivity index (χ3v) is 0.614. The molecule has 0 fully saturated rings. The van der Waals surface area contributed by atoms with Crippen LogP contribution in [0.2, 0.25) is 0 Å². The summed E-state index contributed by atoms with van der Waals surface area (Å²) in [5.41, 5.74) is 0.736. The van der Waals surface area contributed by atoms with Crippen molar-refractivity contribution in [1.29, 1.82) is 0 Å². The lowest BCUT2D eigenvalue weighted by molar-refractivity contribution is -0.343. The maximum absolute atomic E-state index is 4.98. The highest BCUT2D eigenvalue weighted by Gasteiger charge is 2.10. The molecule has 0 unspecified atom stereocenters. The molecule has 2 heteroatoms. The average Bonchev–Trinajstić information content (AvgIpc) is 1.59. The molecule has 0 N–H and O–H groups in total. The third-order valence-electron chi connectivity index (χ3n) is 0.614. The van der Waals surface area contributed by atoms with Gasteiger partial charge in [0, 0.05) is 0 Å². The highest BCUT2D eigenvalue weighted by molar-refractivity contribution is 4.86. The van der Waals surface area contributed by atoms with Crippen LogP contribution >= 0.6 is 0 Å². The Labute approximate surface area is 62.8 Å². The van der Waals surface area contributed by atoms with Crippen molar-refractivity contribution >= 4 is 0 Å². The predicted molar refractivity (Wildman–Crippen MR) is 41.6 cm³/mol. The molecule has 2 nitrogen and oxygen atoms in total. The molecule has 0 bridgehead atoms. The first kappa shape index (κ1) is 9.66. The van der Waals surface area contributed by atoms with E-state index in [2.05, 4.69) is 6.58 Å². The number of hydrogen-bond donors (Lipinski definition) is 0. The number of rotatable bonds is 3. The number of hydrogen-bond acceptors (Lipinski definition) is 2. The summed E-state index contributed by atoms with van der Waals surface area (Å²) in [6.45, 7) is 11.8.